The Labute approximate surface area is 153 Å². The van der Waals surface area contributed by atoms with Crippen LogP contribution in [0, 0.1) is 0 Å². The predicted octanol–water partition coefficient (Wildman–Crippen LogP) is 2.68. The van der Waals surface area contributed by atoms with E-state index in [4.69, 9.17) is 11.5 Å². The summed E-state index contributed by atoms with van der Waals surface area (Å²) >= 11 is 0. The van der Waals surface area contributed by atoms with Crippen LogP contribution in [-0.2, 0) is 9.84 Å². The summed E-state index contributed by atoms with van der Waals surface area (Å²) in [7, 11) is -3.58. The maximum absolute atomic E-state index is 12.5. The number of carbonyl (C=O) groups is 1. The third-order valence-corrected chi connectivity index (χ3v) is 5.38. The molecule has 1 atom stereocenters. The number of sulfone groups is 1. The Morgan fingerprint density at radius 2 is 1.77 bits per heavy atom. The summed E-state index contributed by atoms with van der Waals surface area (Å²) in [5, 5.41) is 0. The summed E-state index contributed by atoms with van der Waals surface area (Å²) in [5.41, 5.74) is 12.9. The van der Waals surface area contributed by atoms with Crippen molar-refractivity contribution in [3.05, 3.63) is 53.6 Å². The number of amides is 1. The van der Waals surface area contributed by atoms with Crippen molar-refractivity contribution in [2.24, 2.45) is 16.5 Å². The van der Waals surface area contributed by atoms with E-state index in [9.17, 15) is 13.2 Å². The van der Waals surface area contributed by atoms with Crippen molar-refractivity contribution in [2.45, 2.75) is 31.1 Å². The minimum atomic E-state index is -3.58. The summed E-state index contributed by atoms with van der Waals surface area (Å²) in [4.78, 5) is 16.1. The Balaban J connectivity index is 2.86. The predicted molar refractivity (Wildman–Crippen MR) is 104 cm³/mol. The van der Waals surface area contributed by atoms with Gasteiger partial charge >= 0.3 is 0 Å². The molecule has 0 bridgehead atoms. The van der Waals surface area contributed by atoms with Gasteiger partial charge in [0.25, 0.3) is 5.91 Å². The standard InChI is InChI=1S/C19H23N3O3S/c1-4-12(2)14-10-15(13-8-6-5-7-9-13)17(26(3,24)25)11-16(14)18(23)22-19(20)21/h5-12H,4H2,1-3H3,(H4,20,21,22,23). The van der Waals surface area contributed by atoms with Crippen LogP contribution in [-0.4, -0.2) is 26.5 Å². The normalized spacial score (nSPS) is 12.4. The third-order valence-electron chi connectivity index (χ3n) is 4.24. The zero-order valence-corrected chi connectivity index (χ0v) is 15.9. The van der Waals surface area contributed by atoms with E-state index >= 15 is 0 Å². The van der Waals surface area contributed by atoms with Gasteiger partial charge in [0.05, 0.1) is 4.90 Å². The molecule has 1 unspecified atom stereocenters. The van der Waals surface area contributed by atoms with E-state index in [1.54, 1.807) is 6.07 Å². The number of rotatable bonds is 5. The van der Waals surface area contributed by atoms with Crippen LogP contribution in [0.1, 0.15) is 42.1 Å². The fourth-order valence-electron chi connectivity index (χ4n) is 2.74. The van der Waals surface area contributed by atoms with Crippen LogP contribution in [0.15, 0.2) is 52.4 Å². The fraction of sp³-hybridized carbons (Fsp3) is 0.263. The number of aliphatic imine (C=N–C) groups is 1. The zero-order chi connectivity index (χ0) is 19.5. The average molecular weight is 373 g/mol. The second kappa shape index (κ2) is 7.70. The lowest BCUT2D eigenvalue weighted by molar-refractivity contribution is 0.100. The lowest BCUT2D eigenvalue weighted by Gasteiger charge is -2.18. The van der Waals surface area contributed by atoms with Crippen LogP contribution in [0.5, 0.6) is 0 Å². The number of hydrogen-bond donors (Lipinski definition) is 2. The average Bonchev–Trinajstić information content (AvgIpc) is 2.59. The Morgan fingerprint density at radius 1 is 1.15 bits per heavy atom. The van der Waals surface area contributed by atoms with Crippen LogP contribution in [0.3, 0.4) is 0 Å². The first kappa shape index (κ1) is 19.7. The summed E-state index contributed by atoms with van der Waals surface area (Å²) in [6, 6.07) is 12.3. The summed E-state index contributed by atoms with van der Waals surface area (Å²) in [6.45, 7) is 3.96. The van der Waals surface area contributed by atoms with E-state index in [-0.39, 0.29) is 22.3 Å². The molecular formula is C19H23N3O3S. The van der Waals surface area contributed by atoms with Gasteiger partial charge in [-0.3, -0.25) is 4.79 Å². The van der Waals surface area contributed by atoms with Gasteiger partial charge in [-0.05, 0) is 35.6 Å². The summed E-state index contributed by atoms with van der Waals surface area (Å²) in [6.07, 6.45) is 1.89. The molecule has 0 aliphatic heterocycles. The van der Waals surface area contributed by atoms with E-state index < -0.39 is 15.7 Å². The maximum Gasteiger partial charge on any atom is 0.280 e. The molecule has 0 heterocycles. The molecule has 0 aliphatic rings. The number of nitrogens with two attached hydrogens (primary N) is 2. The van der Waals surface area contributed by atoms with E-state index in [0.717, 1.165) is 18.2 Å². The minimum Gasteiger partial charge on any atom is -0.370 e. The van der Waals surface area contributed by atoms with Crippen molar-refractivity contribution < 1.29 is 13.2 Å². The van der Waals surface area contributed by atoms with Crippen LogP contribution >= 0.6 is 0 Å². The van der Waals surface area contributed by atoms with Gasteiger partial charge in [-0.25, -0.2) is 8.42 Å². The zero-order valence-electron chi connectivity index (χ0n) is 15.1. The van der Waals surface area contributed by atoms with E-state index in [1.807, 2.05) is 44.2 Å². The Hall–Kier alpha value is -2.67. The van der Waals surface area contributed by atoms with Crippen molar-refractivity contribution >= 4 is 21.7 Å². The molecule has 2 rings (SSSR count). The monoisotopic (exact) mass is 373 g/mol. The number of hydrogen-bond acceptors (Lipinski definition) is 3. The highest BCUT2D eigenvalue weighted by Crippen LogP contribution is 2.34. The number of nitrogens with zero attached hydrogens (tertiary/aromatic N) is 1. The van der Waals surface area contributed by atoms with Crippen molar-refractivity contribution in [3.8, 4) is 11.1 Å². The van der Waals surface area contributed by atoms with Crippen molar-refractivity contribution in [1.82, 2.24) is 0 Å². The molecule has 138 valence electrons. The number of benzene rings is 2. The SMILES string of the molecule is CCC(C)c1cc(-c2ccccc2)c(S(C)(=O)=O)cc1C(=O)N=C(N)N. The van der Waals surface area contributed by atoms with Gasteiger partial charge in [-0.15, -0.1) is 0 Å². The second-order valence-electron chi connectivity index (χ2n) is 6.22. The van der Waals surface area contributed by atoms with Gasteiger partial charge in [-0.2, -0.15) is 4.99 Å². The Bertz CT molecular complexity index is 947. The van der Waals surface area contributed by atoms with Gasteiger partial charge in [0.2, 0.25) is 0 Å². The molecule has 2 aromatic rings. The first-order valence-electron chi connectivity index (χ1n) is 8.22. The van der Waals surface area contributed by atoms with Crippen molar-refractivity contribution in [1.29, 1.82) is 0 Å². The highest BCUT2D eigenvalue weighted by atomic mass is 32.2. The van der Waals surface area contributed by atoms with Crippen LogP contribution in [0.25, 0.3) is 11.1 Å². The smallest absolute Gasteiger partial charge is 0.280 e. The molecule has 0 saturated carbocycles. The first-order chi connectivity index (χ1) is 12.1. The van der Waals surface area contributed by atoms with E-state index in [1.165, 1.54) is 6.07 Å². The van der Waals surface area contributed by atoms with E-state index in [0.29, 0.717) is 11.1 Å². The molecule has 0 aromatic heterocycles. The Morgan fingerprint density at radius 3 is 2.27 bits per heavy atom. The molecular weight excluding hydrogens is 350 g/mol. The highest BCUT2D eigenvalue weighted by Gasteiger charge is 2.23. The molecule has 1 amide bonds. The quantitative estimate of drug-likeness (QED) is 0.617. The van der Waals surface area contributed by atoms with Crippen LogP contribution in [0.4, 0.5) is 0 Å². The van der Waals surface area contributed by atoms with Gasteiger partial charge in [0, 0.05) is 17.4 Å². The van der Waals surface area contributed by atoms with Crippen LogP contribution in [0.2, 0.25) is 0 Å². The van der Waals surface area contributed by atoms with Gasteiger partial charge < -0.3 is 11.5 Å². The third kappa shape index (κ3) is 4.29. The lowest BCUT2D eigenvalue weighted by atomic mass is 9.90. The van der Waals surface area contributed by atoms with Gasteiger partial charge in [0.15, 0.2) is 15.8 Å². The van der Waals surface area contributed by atoms with Crippen molar-refractivity contribution in [2.75, 3.05) is 6.26 Å². The molecule has 0 saturated heterocycles. The fourth-order valence-corrected chi connectivity index (χ4v) is 3.65. The summed E-state index contributed by atoms with van der Waals surface area (Å²) in [5.74, 6) is -0.984. The molecule has 0 spiro atoms. The molecule has 0 aliphatic carbocycles. The largest absolute Gasteiger partial charge is 0.370 e. The second-order valence-corrected chi connectivity index (χ2v) is 8.21. The van der Waals surface area contributed by atoms with E-state index in [2.05, 4.69) is 4.99 Å². The number of carbonyl (C=O) groups excluding carboxylic acids is 1. The lowest BCUT2D eigenvalue weighted by Crippen LogP contribution is -2.24. The minimum absolute atomic E-state index is 0.0271. The molecule has 2 aromatic carbocycles. The van der Waals surface area contributed by atoms with Gasteiger partial charge in [0.1, 0.15) is 0 Å². The van der Waals surface area contributed by atoms with Gasteiger partial charge in [-0.1, -0.05) is 44.2 Å². The maximum atomic E-state index is 12.5. The van der Waals surface area contributed by atoms with Crippen molar-refractivity contribution in [3.63, 3.8) is 0 Å². The topological polar surface area (TPSA) is 116 Å². The molecule has 4 N–H and O–H groups in total. The number of guanidine groups is 1. The Kier molecular flexibility index (Phi) is 5.82. The molecule has 6 nitrogen and oxygen atoms in total. The summed E-state index contributed by atoms with van der Waals surface area (Å²) < 4.78 is 24.8. The molecule has 0 fully saturated rings. The highest BCUT2D eigenvalue weighted by molar-refractivity contribution is 7.90. The molecule has 7 heteroatoms. The molecule has 0 radical (unpaired) electrons. The van der Waals surface area contributed by atoms with Crippen LogP contribution < -0.4 is 11.5 Å². The molecule has 26 heavy (non-hydrogen) atoms. The first-order valence-corrected chi connectivity index (χ1v) is 10.1.